The van der Waals surface area contributed by atoms with Crippen LogP contribution in [0.15, 0.2) is 11.6 Å². The number of nitro benzene ring substituents is 1. The molecule has 1 rings (SSSR count). The number of hydrogen-bond acceptors (Lipinski definition) is 4. The molecule has 24 heavy (non-hydrogen) atoms. The number of benzene rings is 1. The summed E-state index contributed by atoms with van der Waals surface area (Å²) in [4.78, 5) is 35.4. The van der Waals surface area contributed by atoms with Crippen LogP contribution in [-0.4, -0.2) is 22.4 Å². The molecule has 0 saturated carbocycles. The number of aryl methyl sites for hydroxylation is 1. The number of rotatable bonds is 4. The van der Waals surface area contributed by atoms with Gasteiger partial charge in [0.1, 0.15) is 5.56 Å². The standard InChI is InChI=1S/C16H16ClN2O4.Na/c1-8-6-10(13(19(22)23)9(2)12(8)17)14(20)11(7-18)15(21)16(3,4)5;/h6H,1-5H3;/q-1;+1. The second-order valence-corrected chi connectivity index (χ2v) is 6.56. The molecule has 0 aliphatic heterocycles. The third-order valence-electron chi connectivity index (χ3n) is 3.32. The summed E-state index contributed by atoms with van der Waals surface area (Å²) in [5, 5.41) is 20.7. The van der Waals surface area contributed by atoms with Gasteiger partial charge in [-0.2, -0.15) is 0 Å². The topological polar surface area (TPSA) is 99.6 Å². The summed E-state index contributed by atoms with van der Waals surface area (Å²) in [5.41, 5.74) is -1.78. The summed E-state index contributed by atoms with van der Waals surface area (Å²) in [5.74, 6) is -0.0306. The molecule has 0 spiro atoms. The Morgan fingerprint density at radius 1 is 1.29 bits per heavy atom. The molecule has 0 amide bonds. The Kier molecular flexibility index (Phi) is 7.74. The number of ketones is 2. The van der Waals surface area contributed by atoms with Gasteiger partial charge in [-0.3, -0.25) is 25.6 Å². The molecule has 0 radical (unpaired) electrons. The fraction of sp³-hybridized carbons (Fsp3) is 0.375. The number of allylic oxidation sites excluding steroid dienone is 1. The van der Waals surface area contributed by atoms with Crippen LogP contribution >= 0.6 is 11.6 Å². The average molecular weight is 359 g/mol. The van der Waals surface area contributed by atoms with Gasteiger partial charge in [-0.1, -0.05) is 32.4 Å². The van der Waals surface area contributed by atoms with Gasteiger partial charge in [-0.25, -0.2) is 0 Å². The zero-order chi connectivity index (χ0) is 18.1. The van der Waals surface area contributed by atoms with Crippen LogP contribution in [0.5, 0.6) is 0 Å². The molecule has 0 N–H and O–H groups in total. The minimum Gasteiger partial charge on any atom is -0.763 e. The van der Waals surface area contributed by atoms with Gasteiger partial charge in [-0.15, -0.1) is 0 Å². The van der Waals surface area contributed by atoms with E-state index in [-0.39, 0.29) is 45.7 Å². The van der Waals surface area contributed by atoms with Crippen molar-refractivity contribution in [1.29, 1.82) is 0 Å². The average Bonchev–Trinajstić information content (AvgIpc) is 2.43. The first kappa shape index (κ1) is 22.7. The maximum absolute atomic E-state index is 12.6. The Balaban J connectivity index is 0.00000529. The van der Waals surface area contributed by atoms with Gasteiger partial charge in [0.25, 0.3) is 5.69 Å². The largest absolute Gasteiger partial charge is 1.00 e. The molecule has 0 aliphatic rings. The Hall–Kier alpha value is -1.30. The molecule has 0 unspecified atom stereocenters. The van der Waals surface area contributed by atoms with E-state index in [1.165, 1.54) is 13.0 Å². The van der Waals surface area contributed by atoms with Crippen molar-refractivity contribution in [2.24, 2.45) is 5.41 Å². The Labute approximate surface area is 167 Å². The summed E-state index contributed by atoms with van der Waals surface area (Å²) < 4.78 is 0. The smallest absolute Gasteiger partial charge is 0.763 e. The van der Waals surface area contributed by atoms with Crippen LogP contribution in [-0.2, 0) is 4.79 Å². The maximum Gasteiger partial charge on any atom is 1.00 e. The summed E-state index contributed by atoms with van der Waals surface area (Å²) in [7, 11) is 0. The van der Waals surface area contributed by atoms with Crippen molar-refractivity contribution in [2.45, 2.75) is 34.6 Å². The van der Waals surface area contributed by atoms with Crippen LogP contribution in [0.2, 0.25) is 5.02 Å². The van der Waals surface area contributed by atoms with Gasteiger partial charge in [-0.05, 0) is 25.5 Å². The summed E-state index contributed by atoms with van der Waals surface area (Å²) in [6.07, 6.45) is 0. The number of nitro groups is 1. The molecular weight excluding hydrogens is 343 g/mol. The normalized spacial score (nSPS) is 10.4. The Bertz CT molecular complexity index is 775. The molecular formula is C16H16ClN2NaO4. The first-order valence-corrected chi connectivity index (χ1v) is 7.11. The third kappa shape index (κ3) is 4.41. The van der Waals surface area contributed by atoms with E-state index in [9.17, 15) is 25.1 Å². The SMILES string of the molecule is Cc1cc(C(=O)C(=C=[N-])C(=O)C(C)(C)C)c([N+](=O)[O-])c(C)c1Cl.[Na+]. The van der Waals surface area contributed by atoms with E-state index in [1.807, 2.05) is 0 Å². The quantitative estimate of drug-likeness (QED) is 0.116. The van der Waals surface area contributed by atoms with Crippen molar-refractivity contribution < 1.29 is 44.1 Å². The van der Waals surface area contributed by atoms with Crippen molar-refractivity contribution in [3.8, 4) is 0 Å². The predicted octanol–water partition coefficient (Wildman–Crippen LogP) is 0.832. The van der Waals surface area contributed by atoms with Gasteiger partial charge in [0.2, 0.25) is 5.78 Å². The number of Topliss-reactive ketones (excluding diaryl/α,β-unsaturated/α-hetero) is 2. The molecule has 8 heteroatoms. The van der Waals surface area contributed by atoms with E-state index in [2.05, 4.69) is 0 Å². The summed E-state index contributed by atoms with van der Waals surface area (Å²) in [6.45, 7) is 7.70. The van der Waals surface area contributed by atoms with E-state index in [0.717, 1.165) is 0 Å². The first-order chi connectivity index (χ1) is 10.4. The van der Waals surface area contributed by atoms with Crippen LogP contribution in [0, 0.1) is 29.4 Å². The van der Waals surface area contributed by atoms with Crippen LogP contribution in [0.4, 0.5) is 5.69 Å². The van der Waals surface area contributed by atoms with Gasteiger partial charge in [0, 0.05) is 11.0 Å². The van der Waals surface area contributed by atoms with Gasteiger partial charge in [0.15, 0.2) is 5.78 Å². The van der Waals surface area contributed by atoms with Gasteiger partial charge < -0.3 is 5.41 Å². The third-order valence-corrected chi connectivity index (χ3v) is 3.90. The van der Waals surface area contributed by atoms with Crippen LogP contribution in [0.1, 0.15) is 42.3 Å². The second-order valence-electron chi connectivity index (χ2n) is 6.18. The number of carbonyl (C=O) groups is 2. The van der Waals surface area contributed by atoms with Crippen LogP contribution in [0.25, 0.3) is 5.41 Å². The van der Waals surface area contributed by atoms with Crippen molar-refractivity contribution in [3.63, 3.8) is 0 Å². The van der Waals surface area contributed by atoms with E-state index >= 15 is 0 Å². The van der Waals surface area contributed by atoms with E-state index in [0.29, 0.717) is 5.56 Å². The van der Waals surface area contributed by atoms with E-state index in [4.69, 9.17) is 11.6 Å². The molecule has 1 aromatic rings. The number of carbonyl (C=O) groups excluding carboxylic acids is 2. The number of halogens is 1. The van der Waals surface area contributed by atoms with Gasteiger partial charge in [0.05, 0.1) is 15.5 Å². The fourth-order valence-electron chi connectivity index (χ4n) is 2.07. The van der Waals surface area contributed by atoms with Crippen LogP contribution in [0.3, 0.4) is 0 Å². The molecule has 0 fully saturated rings. The second kappa shape index (κ2) is 8.19. The van der Waals surface area contributed by atoms with E-state index in [1.54, 1.807) is 33.6 Å². The maximum atomic E-state index is 12.6. The zero-order valence-corrected chi connectivity index (χ0v) is 17.2. The van der Waals surface area contributed by atoms with Crippen molar-refractivity contribution in [1.82, 2.24) is 0 Å². The van der Waals surface area contributed by atoms with Crippen LogP contribution < -0.4 is 29.6 Å². The Morgan fingerprint density at radius 2 is 1.79 bits per heavy atom. The molecule has 1 aromatic carbocycles. The molecule has 0 bridgehead atoms. The predicted molar refractivity (Wildman–Crippen MR) is 88.3 cm³/mol. The van der Waals surface area contributed by atoms with Crippen molar-refractivity contribution in [3.05, 3.63) is 48.9 Å². The number of nitrogens with zero attached hydrogens (tertiary/aromatic N) is 2. The molecule has 0 aliphatic carbocycles. The Morgan fingerprint density at radius 3 is 2.17 bits per heavy atom. The minimum absolute atomic E-state index is 0. The molecule has 0 aromatic heterocycles. The number of hydrogen-bond donors (Lipinski definition) is 0. The minimum atomic E-state index is -0.956. The van der Waals surface area contributed by atoms with E-state index < -0.39 is 33.2 Å². The first-order valence-electron chi connectivity index (χ1n) is 6.74. The fourth-order valence-corrected chi connectivity index (χ4v) is 2.22. The molecule has 0 atom stereocenters. The molecule has 6 nitrogen and oxygen atoms in total. The van der Waals surface area contributed by atoms with Crippen molar-refractivity contribution >= 4 is 34.7 Å². The molecule has 0 saturated heterocycles. The zero-order valence-electron chi connectivity index (χ0n) is 14.5. The molecule has 122 valence electrons. The summed E-state index contributed by atoms with van der Waals surface area (Å²) in [6, 6.07) is 1.24. The van der Waals surface area contributed by atoms with Gasteiger partial charge >= 0.3 is 29.6 Å². The monoisotopic (exact) mass is 358 g/mol. The van der Waals surface area contributed by atoms with Crippen molar-refractivity contribution in [2.75, 3.05) is 0 Å². The summed E-state index contributed by atoms with van der Waals surface area (Å²) >= 11 is 6.00. The molecule has 0 heterocycles.